The average Bonchev–Trinajstić information content (AvgIpc) is 3.99. The molecule has 0 amide bonds. The molecule has 0 spiro atoms. The molecule has 77 heavy (non-hydrogen) atoms. The smallest absolute Gasteiger partial charge is 0.160 e. The molecule has 5 aromatic heterocycles. The first-order valence-electron chi connectivity index (χ1n) is 26.3. The zero-order chi connectivity index (χ0) is 50.7. The van der Waals surface area contributed by atoms with Crippen LogP contribution in [0, 0.1) is 6.92 Å². The number of rotatable bonds is 7. The maximum Gasteiger partial charge on any atom is 0.160 e. The molecule has 11 aromatic carbocycles. The van der Waals surface area contributed by atoms with E-state index in [9.17, 15) is 0 Å². The van der Waals surface area contributed by atoms with Gasteiger partial charge in [-0.1, -0.05) is 170 Å². The second-order valence-corrected chi connectivity index (χ2v) is 20.1. The fourth-order valence-electron chi connectivity index (χ4n) is 12.7. The van der Waals surface area contributed by atoms with Crippen LogP contribution in [-0.4, -0.2) is 28.2 Å². The largest absolute Gasteiger partial charge is 0.309 e. The summed E-state index contributed by atoms with van der Waals surface area (Å²) in [6.07, 6.45) is 0. The Kier molecular flexibility index (Phi) is 9.45. The van der Waals surface area contributed by atoms with Crippen molar-refractivity contribution < 1.29 is 0 Å². The molecule has 5 heterocycles. The molecule has 0 aliphatic carbocycles. The van der Waals surface area contributed by atoms with Gasteiger partial charge in [0.05, 0.1) is 55.5 Å². The molecule has 0 radical (unpaired) electrons. The summed E-state index contributed by atoms with van der Waals surface area (Å²) >= 11 is 0. The van der Waals surface area contributed by atoms with Gasteiger partial charge in [0.1, 0.15) is 0 Å². The summed E-state index contributed by atoms with van der Waals surface area (Å²) in [6, 6.07) is 94.1. The van der Waals surface area contributed by atoms with Crippen molar-refractivity contribution in [1.29, 1.82) is 0 Å². The predicted molar refractivity (Wildman–Crippen MR) is 320 cm³/mol. The maximum absolute atomic E-state index is 5.49. The van der Waals surface area contributed by atoms with Gasteiger partial charge in [-0.25, -0.2) is 9.97 Å². The third kappa shape index (κ3) is 6.42. The summed E-state index contributed by atoms with van der Waals surface area (Å²) in [7, 11) is 0. The Morgan fingerprint density at radius 1 is 0.273 bits per heavy atom. The summed E-state index contributed by atoms with van der Waals surface area (Å²) in [4.78, 5) is 10.7. The Labute approximate surface area is 443 Å². The minimum absolute atomic E-state index is 0.683. The number of benzene rings is 11. The highest BCUT2D eigenvalue weighted by Gasteiger charge is 2.27. The van der Waals surface area contributed by atoms with Crippen LogP contribution < -0.4 is 0 Å². The highest BCUT2D eigenvalue weighted by atomic mass is 15.0. The first-order valence-corrected chi connectivity index (χ1v) is 26.3. The summed E-state index contributed by atoms with van der Waals surface area (Å²) in [5, 5.41) is 9.58. The number of hydrogen-bond acceptors (Lipinski definition) is 2. The molecule has 0 aliphatic heterocycles. The van der Waals surface area contributed by atoms with Gasteiger partial charge in [0.15, 0.2) is 5.82 Å². The number of para-hydroxylation sites is 5. The Bertz CT molecular complexity index is 4950. The van der Waals surface area contributed by atoms with E-state index in [1.54, 1.807) is 0 Å². The number of aryl methyl sites for hydroxylation is 1. The standard InChI is InChI=1S/C71H46N6/c1-45-42-64-67(55-33-18-20-36-60(55)74(64)48-26-11-4-12-27-48)70-65(45)56-43-51(38-40-61(56)77(70)50-30-15-6-16-31-50)75-62-37-21-34-54(58-44-57(46-22-7-2-8-23-46)72-71(73-58)47-24-9-3-10-25-47)66(62)68-63(75)41-39-53-52-32-17-19-35-59(52)76(69(53)68)49-28-13-5-14-29-49/h2-44H,1H3. The van der Waals surface area contributed by atoms with E-state index in [1.807, 2.05) is 6.07 Å². The topological polar surface area (TPSA) is 45.5 Å². The minimum atomic E-state index is 0.683. The lowest BCUT2D eigenvalue weighted by atomic mass is 10.00. The molecule has 0 aliphatic rings. The number of aromatic nitrogens is 6. The third-order valence-corrected chi connectivity index (χ3v) is 15.8. The van der Waals surface area contributed by atoms with Crippen molar-refractivity contribution in [2.75, 3.05) is 0 Å². The third-order valence-electron chi connectivity index (χ3n) is 15.8. The van der Waals surface area contributed by atoms with Gasteiger partial charge in [-0.05, 0) is 103 Å². The molecule has 16 aromatic rings. The van der Waals surface area contributed by atoms with Gasteiger partial charge >= 0.3 is 0 Å². The van der Waals surface area contributed by atoms with Crippen molar-refractivity contribution in [1.82, 2.24) is 28.2 Å². The monoisotopic (exact) mass is 982 g/mol. The molecule has 6 heteroatoms. The van der Waals surface area contributed by atoms with Crippen molar-refractivity contribution in [2.45, 2.75) is 6.92 Å². The van der Waals surface area contributed by atoms with Gasteiger partial charge in [-0.15, -0.1) is 0 Å². The van der Waals surface area contributed by atoms with Crippen molar-refractivity contribution in [2.24, 2.45) is 0 Å². The number of nitrogens with zero attached hydrogens (tertiary/aromatic N) is 6. The van der Waals surface area contributed by atoms with Crippen LogP contribution in [0.3, 0.4) is 0 Å². The lowest BCUT2D eigenvalue weighted by molar-refractivity contribution is 1.16. The molecule has 0 N–H and O–H groups in total. The molecule has 0 saturated carbocycles. The summed E-state index contributed by atoms with van der Waals surface area (Å²) in [6.45, 7) is 2.29. The Morgan fingerprint density at radius 3 is 1.47 bits per heavy atom. The highest BCUT2D eigenvalue weighted by Crippen LogP contribution is 2.48. The van der Waals surface area contributed by atoms with Crippen LogP contribution in [0.1, 0.15) is 5.56 Å². The van der Waals surface area contributed by atoms with E-state index in [2.05, 4.69) is 280 Å². The van der Waals surface area contributed by atoms with Crippen LogP contribution in [0.4, 0.5) is 0 Å². The maximum atomic E-state index is 5.49. The molecule has 16 rings (SSSR count). The van der Waals surface area contributed by atoms with E-state index < -0.39 is 0 Å². The normalized spacial score (nSPS) is 12.0. The number of hydrogen-bond donors (Lipinski definition) is 0. The van der Waals surface area contributed by atoms with E-state index in [0.717, 1.165) is 89.2 Å². The zero-order valence-corrected chi connectivity index (χ0v) is 42.0. The first-order chi connectivity index (χ1) is 38.2. The van der Waals surface area contributed by atoms with E-state index >= 15 is 0 Å². The van der Waals surface area contributed by atoms with E-state index in [1.165, 1.54) is 54.4 Å². The molecular weight excluding hydrogens is 937 g/mol. The van der Waals surface area contributed by atoms with E-state index in [-0.39, 0.29) is 0 Å². The summed E-state index contributed by atoms with van der Waals surface area (Å²) < 4.78 is 9.90. The van der Waals surface area contributed by atoms with Gasteiger partial charge in [0.2, 0.25) is 0 Å². The first kappa shape index (κ1) is 43.1. The van der Waals surface area contributed by atoms with Crippen LogP contribution in [0.25, 0.3) is 144 Å². The Balaban J connectivity index is 1.05. The van der Waals surface area contributed by atoms with Crippen molar-refractivity contribution in [3.05, 3.63) is 266 Å². The van der Waals surface area contributed by atoms with Crippen molar-refractivity contribution in [3.8, 4) is 56.7 Å². The molecule has 0 fully saturated rings. The van der Waals surface area contributed by atoms with Gasteiger partial charge in [0.25, 0.3) is 0 Å². The number of fused-ring (bicyclic) bond motifs is 14. The van der Waals surface area contributed by atoms with Gasteiger partial charge in [-0.3, -0.25) is 0 Å². The second kappa shape index (κ2) is 16.9. The SMILES string of the molecule is Cc1cc2c(c3ccccc3n2-c2ccccc2)c2c1c1cc(-n3c4cccc(-c5cc(-c6ccccc6)nc(-c6ccccc6)n5)c4c4c3ccc3c5ccccc5n(-c5ccccc5)c34)ccc1n2-c1ccccc1. The van der Waals surface area contributed by atoms with Crippen LogP contribution in [0.5, 0.6) is 0 Å². The van der Waals surface area contributed by atoms with Gasteiger partial charge < -0.3 is 18.3 Å². The second-order valence-electron chi connectivity index (χ2n) is 20.1. The molecule has 0 atom stereocenters. The fraction of sp³-hybridized carbons (Fsp3) is 0.0141. The summed E-state index contributed by atoms with van der Waals surface area (Å²) in [5.74, 6) is 0.683. The van der Waals surface area contributed by atoms with Crippen LogP contribution >= 0.6 is 0 Å². The molecule has 0 bridgehead atoms. The molecule has 6 nitrogen and oxygen atoms in total. The average molecular weight is 983 g/mol. The minimum Gasteiger partial charge on any atom is -0.309 e. The van der Waals surface area contributed by atoms with Crippen LogP contribution in [-0.2, 0) is 0 Å². The fourth-order valence-corrected chi connectivity index (χ4v) is 12.7. The van der Waals surface area contributed by atoms with Gasteiger partial charge in [-0.2, -0.15) is 0 Å². The Morgan fingerprint density at radius 2 is 0.779 bits per heavy atom. The lowest BCUT2D eigenvalue weighted by Crippen LogP contribution is -1.97. The zero-order valence-electron chi connectivity index (χ0n) is 42.0. The van der Waals surface area contributed by atoms with Gasteiger partial charge in [0, 0.05) is 82.5 Å². The van der Waals surface area contributed by atoms with Crippen molar-refractivity contribution >= 4 is 87.2 Å². The molecule has 0 saturated heterocycles. The lowest BCUT2D eigenvalue weighted by Gasteiger charge is -2.12. The van der Waals surface area contributed by atoms with Crippen LogP contribution in [0.15, 0.2) is 261 Å². The van der Waals surface area contributed by atoms with Crippen LogP contribution in [0.2, 0.25) is 0 Å². The summed E-state index contributed by atoms with van der Waals surface area (Å²) in [5.41, 5.74) is 19.7. The molecule has 0 unspecified atom stereocenters. The van der Waals surface area contributed by atoms with E-state index in [4.69, 9.17) is 9.97 Å². The van der Waals surface area contributed by atoms with Crippen molar-refractivity contribution in [3.63, 3.8) is 0 Å². The predicted octanol–water partition coefficient (Wildman–Crippen LogP) is 18.2. The van der Waals surface area contributed by atoms with E-state index in [0.29, 0.717) is 5.82 Å². The quantitative estimate of drug-likeness (QED) is 0.160. The highest BCUT2D eigenvalue weighted by molar-refractivity contribution is 6.30. The molecular formula is C71H46N6. The Hall–Kier alpha value is -10.3. The molecule has 360 valence electrons.